The number of hydrogen-bond donors (Lipinski definition) is 0. The van der Waals surface area contributed by atoms with Crippen molar-refractivity contribution >= 4 is 11.3 Å². The van der Waals surface area contributed by atoms with Crippen molar-refractivity contribution in [2.45, 2.75) is 26.7 Å². The van der Waals surface area contributed by atoms with Crippen LogP contribution in [0.15, 0.2) is 48.5 Å². The third-order valence-corrected chi connectivity index (χ3v) is 7.00. The van der Waals surface area contributed by atoms with E-state index in [1.165, 1.54) is 22.2 Å². The number of nitrogens with zero attached hydrogens (tertiary/aromatic N) is 2. The average Bonchev–Trinajstić information content (AvgIpc) is 3.38. The summed E-state index contributed by atoms with van der Waals surface area (Å²) in [6.45, 7) is 8.49. The highest BCUT2D eigenvalue weighted by Crippen LogP contribution is 2.42. The van der Waals surface area contributed by atoms with Crippen LogP contribution < -0.4 is 24.8 Å². The van der Waals surface area contributed by atoms with E-state index < -0.39 is 0 Å². The van der Waals surface area contributed by atoms with Crippen molar-refractivity contribution in [3.63, 3.8) is 0 Å². The molecular weight excluding hydrogens is 387 g/mol. The van der Waals surface area contributed by atoms with Crippen molar-refractivity contribution in [3.05, 3.63) is 87.2 Å². The molecule has 0 aliphatic carbocycles. The molecule has 6 rings (SSSR count). The van der Waals surface area contributed by atoms with E-state index in [9.17, 15) is 4.39 Å². The molecule has 0 bridgehead atoms. The van der Waals surface area contributed by atoms with Gasteiger partial charge in [0.1, 0.15) is 30.4 Å². The molecule has 3 nitrogen and oxygen atoms in total. The molecule has 156 valence electrons. The number of halogens is 1. The molecule has 0 aromatic heterocycles. The molecule has 0 spiro atoms. The third kappa shape index (κ3) is 2.81. The molecular formula is C27H26FN2O+. The lowest BCUT2D eigenvalue weighted by Gasteiger charge is -2.24. The van der Waals surface area contributed by atoms with E-state index in [4.69, 9.17) is 4.74 Å². The van der Waals surface area contributed by atoms with Crippen LogP contribution in [0.3, 0.4) is 0 Å². The predicted octanol–water partition coefficient (Wildman–Crippen LogP) is 3.63. The van der Waals surface area contributed by atoms with Crippen molar-refractivity contribution in [3.8, 4) is 11.5 Å². The van der Waals surface area contributed by atoms with Gasteiger partial charge in [-0.25, -0.2) is 8.97 Å². The van der Waals surface area contributed by atoms with E-state index >= 15 is 0 Å². The zero-order valence-corrected chi connectivity index (χ0v) is 18.0. The number of benzene rings is 3. The molecule has 3 aliphatic rings. The summed E-state index contributed by atoms with van der Waals surface area (Å²) >= 11 is 0. The zero-order valence-electron chi connectivity index (χ0n) is 18.0. The second-order valence-electron chi connectivity index (χ2n) is 8.60. The topological polar surface area (TPSA) is 15.5 Å². The van der Waals surface area contributed by atoms with Crippen LogP contribution in [0.2, 0.25) is 0 Å². The van der Waals surface area contributed by atoms with Crippen LogP contribution in [-0.2, 0) is 12.8 Å². The molecule has 0 radical (unpaired) electrons. The Morgan fingerprint density at radius 2 is 1.81 bits per heavy atom. The van der Waals surface area contributed by atoms with Gasteiger partial charge < -0.3 is 9.64 Å². The highest BCUT2D eigenvalue weighted by Gasteiger charge is 2.28. The van der Waals surface area contributed by atoms with Gasteiger partial charge >= 0.3 is 0 Å². The Hall–Kier alpha value is -3.14. The Kier molecular flexibility index (Phi) is 4.17. The second-order valence-corrected chi connectivity index (χ2v) is 8.60. The van der Waals surface area contributed by atoms with Crippen LogP contribution in [0.1, 0.15) is 36.1 Å². The van der Waals surface area contributed by atoms with Gasteiger partial charge in [-0.15, -0.1) is 0 Å². The minimum Gasteiger partial charge on any atom is -0.456 e. The van der Waals surface area contributed by atoms with Crippen LogP contribution in [-0.4, -0.2) is 26.2 Å². The summed E-state index contributed by atoms with van der Waals surface area (Å²) in [5.41, 5.74) is 7.30. The van der Waals surface area contributed by atoms with Crippen molar-refractivity contribution in [1.29, 1.82) is 0 Å². The summed E-state index contributed by atoms with van der Waals surface area (Å²) < 4.78 is 22.7. The summed E-state index contributed by atoms with van der Waals surface area (Å²) in [6, 6.07) is 15.9. The summed E-state index contributed by atoms with van der Waals surface area (Å²) in [7, 11) is 0. The van der Waals surface area contributed by atoms with Crippen LogP contribution in [0.5, 0.6) is 11.5 Å². The first kappa shape index (κ1) is 18.6. The molecule has 3 heterocycles. The summed E-state index contributed by atoms with van der Waals surface area (Å²) in [5, 5.41) is 2.39. The first-order valence-corrected chi connectivity index (χ1v) is 11.3. The van der Waals surface area contributed by atoms with Crippen molar-refractivity contribution in [1.82, 2.24) is 4.58 Å². The first-order chi connectivity index (χ1) is 15.2. The van der Waals surface area contributed by atoms with E-state index in [0.717, 1.165) is 72.4 Å². The lowest BCUT2D eigenvalue weighted by atomic mass is 9.90. The van der Waals surface area contributed by atoms with Gasteiger partial charge in [0.05, 0.1) is 6.07 Å². The molecule has 3 aromatic rings. The Morgan fingerprint density at radius 3 is 2.58 bits per heavy atom. The van der Waals surface area contributed by atoms with E-state index in [0.29, 0.717) is 0 Å². The van der Waals surface area contributed by atoms with Crippen molar-refractivity contribution < 1.29 is 9.13 Å². The standard InChI is InChI=1S/C27H26FN2O/c1-3-29-11-9-18-13-21-25(15-23(18)29)31-26-16-24-19(10-12-30(24)4-2)14-22(26)27(21)17-5-7-20(28)8-6-17/h5-8,13-16H,3-4,9-12H2,1-2H3/q+1. The van der Waals surface area contributed by atoms with Gasteiger partial charge in [-0.3, -0.25) is 0 Å². The van der Waals surface area contributed by atoms with Gasteiger partial charge in [-0.2, -0.15) is 0 Å². The maximum absolute atomic E-state index is 13.7. The number of hydrogen-bond acceptors (Lipinski definition) is 2. The van der Waals surface area contributed by atoms with Crippen LogP contribution in [0, 0.1) is 5.82 Å². The van der Waals surface area contributed by atoms with Gasteiger partial charge in [0, 0.05) is 53.2 Å². The Labute approximate surface area is 181 Å². The quantitative estimate of drug-likeness (QED) is 0.477. The maximum atomic E-state index is 13.7. The number of ether oxygens (including phenoxy) is 1. The first-order valence-electron chi connectivity index (χ1n) is 11.3. The molecule has 4 heteroatoms. The van der Waals surface area contributed by atoms with Crippen molar-refractivity contribution in [2.75, 3.05) is 31.1 Å². The number of rotatable bonds is 3. The summed E-state index contributed by atoms with van der Waals surface area (Å²) in [4.78, 5) is 2.41. The SMILES string of the molecule is CCN1CCc2cc3c(cc21)Oc1cc2c(cc1=C3c1ccc(F)cc1)CC[N+]=2CC. The molecule has 0 unspecified atom stereocenters. The van der Waals surface area contributed by atoms with E-state index in [1.54, 1.807) is 12.1 Å². The van der Waals surface area contributed by atoms with E-state index in [1.807, 2.05) is 12.1 Å². The third-order valence-electron chi connectivity index (χ3n) is 7.00. The molecule has 0 fully saturated rings. The average molecular weight is 414 g/mol. The summed E-state index contributed by atoms with van der Waals surface area (Å²) in [6.07, 6.45) is 2.10. The highest BCUT2D eigenvalue weighted by atomic mass is 19.1. The van der Waals surface area contributed by atoms with Gasteiger partial charge in [0.2, 0.25) is 5.36 Å². The molecule has 3 aromatic carbocycles. The molecule has 3 aliphatic heterocycles. The number of likely N-dealkylation sites (N-methyl/N-ethyl adjacent to an activating group) is 2. The van der Waals surface area contributed by atoms with Crippen LogP contribution in [0.4, 0.5) is 10.1 Å². The molecule has 0 saturated carbocycles. The lowest BCUT2D eigenvalue weighted by molar-refractivity contribution is 0.470. The Bertz CT molecular complexity index is 1340. The zero-order chi connectivity index (χ0) is 21.1. The normalized spacial score (nSPS) is 16.0. The maximum Gasteiger partial charge on any atom is 0.207 e. The highest BCUT2D eigenvalue weighted by molar-refractivity contribution is 5.87. The molecule has 0 atom stereocenters. The van der Waals surface area contributed by atoms with Gasteiger partial charge in [-0.1, -0.05) is 12.1 Å². The van der Waals surface area contributed by atoms with Crippen LogP contribution >= 0.6 is 0 Å². The Balaban J connectivity index is 1.67. The lowest BCUT2D eigenvalue weighted by Crippen LogP contribution is -2.28. The minimum atomic E-state index is -0.211. The van der Waals surface area contributed by atoms with Crippen molar-refractivity contribution in [2.24, 2.45) is 0 Å². The molecule has 0 N–H and O–H groups in total. The number of anilines is 1. The Morgan fingerprint density at radius 1 is 0.968 bits per heavy atom. The fraction of sp³-hybridized carbons (Fsp3) is 0.296. The predicted molar refractivity (Wildman–Crippen MR) is 122 cm³/mol. The molecule has 31 heavy (non-hydrogen) atoms. The van der Waals surface area contributed by atoms with Crippen LogP contribution in [0.25, 0.3) is 5.57 Å². The van der Waals surface area contributed by atoms with Gasteiger partial charge in [0.25, 0.3) is 0 Å². The molecule has 0 saturated heterocycles. The second kappa shape index (κ2) is 6.94. The van der Waals surface area contributed by atoms with E-state index in [2.05, 4.69) is 47.6 Å². The molecule has 0 amide bonds. The smallest absolute Gasteiger partial charge is 0.207 e. The van der Waals surface area contributed by atoms with E-state index in [-0.39, 0.29) is 5.82 Å². The minimum absolute atomic E-state index is 0.211. The van der Waals surface area contributed by atoms with Gasteiger partial charge in [0.15, 0.2) is 0 Å². The fourth-order valence-corrected chi connectivity index (χ4v) is 5.38. The monoisotopic (exact) mass is 413 g/mol. The van der Waals surface area contributed by atoms with Gasteiger partial charge in [-0.05, 0) is 55.7 Å². The fourth-order valence-electron chi connectivity index (χ4n) is 5.38. The summed E-state index contributed by atoms with van der Waals surface area (Å²) in [5.74, 6) is 1.58. The largest absolute Gasteiger partial charge is 0.456 e. The number of fused-ring (bicyclic) bond motifs is 4.